The summed E-state index contributed by atoms with van der Waals surface area (Å²) in [6.07, 6.45) is 1.60. The molecule has 124 valence electrons. The fourth-order valence-electron chi connectivity index (χ4n) is 1.79. The molecule has 7 nitrogen and oxygen atoms in total. The highest BCUT2D eigenvalue weighted by molar-refractivity contribution is 7.86. The number of rotatable bonds is 5. The Hall–Kier alpha value is -2.89. The molecule has 0 aliphatic heterocycles. The van der Waals surface area contributed by atoms with Crippen molar-refractivity contribution in [2.75, 3.05) is 7.11 Å². The quantitative estimate of drug-likeness (QED) is 0.386. The van der Waals surface area contributed by atoms with Crippen LogP contribution in [0.25, 0.3) is 0 Å². The molecule has 2 rings (SSSR count). The average molecular weight is 345 g/mol. The van der Waals surface area contributed by atoms with Gasteiger partial charge in [-0.3, -0.25) is 0 Å². The van der Waals surface area contributed by atoms with E-state index in [9.17, 15) is 8.42 Å². The maximum atomic E-state index is 12.1. The fraction of sp³-hybridized carbons (Fsp3) is 0.125. The summed E-state index contributed by atoms with van der Waals surface area (Å²) >= 11 is 0. The third-order valence-corrected chi connectivity index (χ3v) is 4.24. The first-order valence-electron chi connectivity index (χ1n) is 6.83. The van der Waals surface area contributed by atoms with Gasteiger partial charge in [0.2, 0.25) is 6.19 Å². The number of aliphatic imine (C=N–C) groups is 1. The predicted molar refractivity (Wildman–Crippen MR) is 87.7 cm³/mol. The lowest BCUT2D eigenvalue weighted by Gasteiger charge is -2.10. The number of hydrogen-bond acceptors (Lipinski definition) is 6. The van der Waals surface area contributed by atoms with E-state index in [0.29, 0.717) is 11.3 Å². The molecule has 24 heavy (non-hydrogen) atoms. The molecular formula is C16H15N3O4S. The molecule has 0 saturated carbocycles. The minimum Gasteiger partial charge on any atom is -0.497 e. The van der Waals surface area contributed by atoms with Gasteiger partial charge in [0.05, 0.1) is 12.0 Å². The third kappa shape index (κ3) is 4.32. The summed E-state index contributed by atoms with van der Waals surface area (Å²) in [4.78, 5) is 3.53. The highest BCUT2D eigenvalue weighted by Gasteiger charge is 2.17. The van der Waals surface area contributed by atoms with Crippen molar-refractivity contribution in [1.82, 2.24) is 5.48 Å². The second-order valence-electron chi connectivity index (χ2n) is 4.74. The van der Waals surface area contributed by atoms with Gasteiger partial charge in [-0.2, -0.15) is 18.7 Å². The van der Waals surface area contributed by atoms with E-state index in [4.69, 9.17) is 14.3 Å². The Morgan fingerprint density at radius 3 is 2.29 bits per heavy atom. The van der Waals surface area contributed by atoms with Crippen molar-refractivity contribution in [3.63, 3.8) is 0 Å². The number of nitrogens with one attached hydrogen (secondary N) is 1. The van der Waals surface area contributed by atoms with Crippen molar-refractivity contribution >= 4 is 16.0 Å². The van der Waals surface area contributed by atoms with Crippen LogP contribution in [-0.2, 0) is 14.4 Å². The summed E-state index contributed by atoms with van der Waals surface area (Å²) in [5.41, 5.74) is 3.62. The molecule has 0 amide bonds. The SMILES string of the molecule is COc1ccc(C(=NC#N)NOS(=O)(=O)c2ccc(C)cc2)cc1. The molecule has 0 saturated heterocycles. The van der Waals surface area contributed by atoms with Gasteiger partial charge in [0.15, 0.2) is 5.84 Å². The summed E-state index contributed by atoms with van der Waals surface area (Å²) in [7, 11) is -2.51. The number of aryl methyl sites for hydroxylation is 1. The minimum absolute atomic E-state index is 0.00774. The van der Waals surface area contributed by atoms with Crippen molar-refractivity contribution in [2.45, 2.75) is 11.8 Å². The van der Waals surface area contributed by atoms with Crippen LogP contribution in [0.1, 0.15) is 11.1 Å². The summed E-state index contributed by atoms with van der Waals surface area (Å²) < 4.78 is 34.1. The number of benzene rings is 2. The zero-order chi connectivity index (χ0) is 17.6. The number of amidine groups is 1. The monoisotopic (exact) mass is 345 g/mol. The maximum absolute atomic E-state index is 12.1. The topological polar surface area (TPSA) is 101 Å². The third-order valence-electron chi connectivity index (χ3n) is 3.08. The largest absolute Gasteiger partial charge is 0.497 e. The number of ether oxygens (including phenoxy) is 1. The lowest BCUT2D eigenvalue weighted by molar-refractivity contribution is 0.268. The van der Waals surface area contributed by atoms with Gasteiger partial charge in [-0.1, -0.05) is 17.7 Å². The van der Waals surface area contributed by atoms with Crippen LogP contribution >= 0.6 is 0 Å². The first-order chi connectivity index (χ1) is 11.5. The Balaban J connectivity index is 2.18. The lowest BCUT2D eigenvalue weighted by Crippen LogP contribution is -2.28. The van der Waals surface area contributed by atoms with Crippen molar-refractivity contribution in [2.24, 2.45) is 4.99 Å². The summed E-state index contributed by atoms with van der Waals surface area (Å²) in [6, 6.07) is 12.7. The van der Waals surface area contributed by atoms with Gasteiger partial charge >= 0.3 is 10.1 Å². The van der Waals surface area contributed by atoms with E-state index in [1.165, 1.54) is 19.2 Å². The van der Waals surface area contributed by atoms with Gasteiger partial charge in [-0.15, -0.1) is 4.28 Å². The van der Waals surface area contributed by atoms with Crippen molar-refractivity contribution in [3.8, 4) is 11.9 Å². The molecule has 0 aliphatic carbocycles. The molecule has 0 spiro atoms. The molecule has 0 aliphatic rings. The Kier molecular flexibility index (Phi) is 5.52. The van der Waals surface area contributed by atoms with E-state index in [2.05, 4.69) is 10.5 Å². The first-order valence-corrected chi connectivity index (χ1v) is 8.24. The van der Waals surface area contributed by atoms with Gasteiger partial charge in [-0.25, -0.2) is 5.48 Å². The maximum Gasteiger partial charge on any atom is 0.317 e. The number of nitriles is 1. The molecule has 0 heterocycles. The van der Waals surface area contributed by atoms with E-state index >= 15 is 0 Å². The van der Waals surface area contributed by atoms with Crippen molar-refractivity contribution in [1.29, 1.82) is 5.26 Å². The van der Waals surface area contributed by atoms with Crippen LogP contribution in [0.3, 0.4) is 0 Å². The smallest absolute Gasteiger partial charge is 0.317 e. The molecular weight excluding hydrogens is 330 g/mol. The minimum atomic E-state index is -4.04. The summed E-state index contributed by atoms with van der Waals surface area (Å²) in [5.74, 6) is 0.582. The zero-order valence-electron chi connectivity index (χ0n) is 13.1. The molecule has 0 bridgehead atoms. The highest BCUT2D eigenvalue weighted by Crippen LogP contribution is 2.14. The number of hydrogen-bond donors (Lipinski definition) is 1. The van der Waals surface area contributed by atoms with Gasteiger partial charge in [-0.05, 0) is 43.3 Å². The van der Waals surface area contributed by atoms with Crippen LogP contribution in [0.4, 0.5) is 0 Å². The van der Waals surface area contributed by atoms with E-state index in [-0.39, 0.29) is 10.7 Å². The Morgan fingerprint density at radius 2 is 1.75 bits per heavy atom. The Labute approximate surface area is 140 Å². The van der Waals surface area contributed by atoms with Gasteiger partial charge in [0.1, 0.15) is 5.75 Å². The molecule has 2 aromatic rings. The average Bonchev–Trinajstić information content (AvgIpc) is 2.59. The molecule has 0 radical (unpaired) electrons. The lowest BCUT2D eigenvalue weighted by atomic mass is 10.2. The molecule has 0 atom stereocenters. The van der Waals surface area contributed by atoms with Crippen LogP contribution in [0.2, 0.25) is 0 Å². The zero-order valence-corrected chi connectivity index (χ0v) is 13.9. The van der Waals surface area contributed by atoms with Crippen LogP contribution in [0.5, 0.6) is 5.75 Å². The van der Waals surface area contributed by atoms with Crippen molar-refractivity contribution < 1.29 is 17.4 Å². The Bertz CT molecular complexity index is 867. The van der Waals surface area contributed by atoms with Gasteiger partial charge < -0.3 is 4.74 Å². The van der Waals surface area contributed by atoms with Crippen LogP contribution in [-0.4, -0.2) is 21.4 Å². The standard InChI is InChI=1S/C16H15N3O4S/c1-12-3-9-15(10-4-12)24(20,21)23-19-16(18-11-17)13-5-7-14(22-2)8-6-13/h3-10H,1-2H3,(H,18,19). The Morgan fingerprint density at radius 1 is 1.12 bits per heavy atom. The van der Waals surface area contributed by atoms with Crippen LogP contribution in [0.15, 0.2) is 58.4 Å². The molecule has 0 fully saturated rings. The van der Waals surface area contributed by atoms with E-state index in [0.717, 1.165) is 5.56 Å². The first kappa shape index (κ1) is 17.5. The summed E-state index contributed by atoms with van der Waals surface area (Å²) in [6.45, 7) is 1.84. The molecule has 8 heteroatoms. The molecule has 0 unspecified atom stereocenters. The highest BCUT2D eigenvalue weighted by atomic mass is 32.2. The second kappa shape index (κ2) is 7.59. The molecule has 2 aromatic carbocycles. The molecule has 1 N–H and O–H groups in total. The van der Waals surface area contributed by atoms with Gasteiger partial charge in [0.25, 0.3) is 0 Å². The number of hydroxylamine groups is 1. The fourth-order valence-corrected chi connectivity index (χ4v) is 2.55. The predicted octanol–water partition coefficient (Wildman–Crippen LogP) is 2.14. The van der Waals surface area contributed by atoms with E-state index < -0.39 is 10.1 Å². The van der Waals surface area contributed by atoms with E-state index in [1.54, 1.807) is 42.6 Å². The normalized spacial score (nSPS) is 11.6. The second-order valence-corrected chi connectivity index (χ2v) is 6.29. The van der Waals surface area contributed by atoms with Crippen molar-refractivity contribution in [3.05, 3.63) is 59.7 Å². The van der Waals surface area contributed by atoms with Gasteiger partial charge in [0, 0.05) is 5.56 Å². The summed E-state index contributed by atoms with van der Waals surface area (Å²) in [5, 5.41) is 8.77. The number of methoxy groups -OCH3 is 1. The van der Waals surface area contributed by atoms with Crippen LogP contribution < -0.4 is 10.2 Å². The number of nitrogens with zero attached hydrogens (tertiary/aromatic N) is 2. The molecule has 0 aromatic heterocycles. The van der Waals surface area contributed by atoms with E-state index in [1.807, 2.05) is 6.92 Å². The van der Waals surface area contributed by atoms with Crippen LogP contribution in [0, 0.1) is 18.4 Å².